The maximum Gasteiger partial charge on any atom is 0.123 e. The first-order valence-electron chi connectivity index (χ1n) is 6.00. The standard InChI is InChI=1S/C14H21NO/c1-3-5-11-16-14-9-7-6-8-13(14)12-15-10-4-2/h2,6-9,15H,3-5,10-12H2,1H3. The van der Waals surface area contributed by atoms with Crippen molar-refractivity contribution in [1.82, 2.24) is 5.32 Å². The van der Waals surface area contributed by atoms with Crippen molar-refractivity contribution >= 4 is 0 Å². The van der Waals surface area contributed by atoms with E-state index in [2.05, 4.69) is 18.3 Å². The summed E-state index contributed by atoms with van der Waals surface area (Å²) in [5.74, 6) is 0.987. The van der Waals surface area contributed by atoms with Crippen LogP contribution in [0.2, 0.25) is 0 Å². The summed E-state index contributed by atoms with van der Waals surface area (Å²) in [7, 11) is 0. The second-order valence-corrected chi connectivity index (χ2v) is 3.78. The van der Waals surface area contributed by atoms with Crippen molar-refractivity contribution in [3.8, 4) is 5.75 Å². The number of rotatable bonds is 8. The van der Waals surface area contributed by atoms with Gasteiger partial charge in [-0.15, -0.1) is 0 Å². The van der Waals surface area contributed by atoms with Crippen LogP contribution < -0.4 is 10.1 Å². The minimum atomic E-state index is 0.666. The van der Waals surface area contributed by atoms with Gasteiger partial charge in [-0.05, 0) is 32.4 Å². The number of nitrogens with one attached hydrogen (secondary N) is 1. The second-order valence-electron chi connectivity index (χ2n) is 3.78. The van der Waals surface area contributed by atoms with Crippen molar-refractivity contribution in [2.75, 3.05) is 13.2 Å². The molecule has 2 radical (unpaired) electrons. The molecule has 0 atom stereocenters. The van der Waals surface area contributed by atoms with Crippen molar-refractivity contribution in [3.63, 3.8) is 0 Å². The van der Waals surface area contributed by atoms with Crippen LogP contribution in [0.25, 0.3) is 0 Å². The molecule has 0 unspecified atom stereocenters. The lowest BCUT2D eigenvalue weighted by molar-refractivity contribution is 0.305. The molecular formula is C14H21NO. The molecule has 16 heavy (non-hydrogen) atoms. The van der Waals surface area contributed by atoms with Crippen LogP contribution >= 0.6 is 0 Å². The van der Waals surface area contributed by atoms with Gasteiger partial charge < -0.3 is 10.1 Å². The number of hydrogen-bond acceptors (Lipinski definition) is 2. The van der Waals surface area contributed by atoms with Crippen molar-refractivity contribution in [2.24, 2.45) is 0 Å². The summed E-state index contributed by atoms with van der Waals surface area (Å²) in [6, 6.07) is 8.15. The Labute approximate surface area is 99.0 Å². The molecule has 0 aliphatic heterocycles. The van der Waals surface area contributed by atoms with Gasteiger partial charge in [0.2, 0.25) is 0 Å². The summed E-state index contributed by atoms with van der Waals surface area (Å²) < 4.78 is 5.74. The molecule has 2 heteroatoms. The maximum absolute atomic E-state index is 5.74. The Morgan fingerprint density at radius 2 is 2.12 bits per heavy atom. The van der Waals surface area contributed by atoms with Crippen molar-refractivity contribution in [2.45, 2.75) is 32.7 Å². The fraction of sp³-hybridized carbons (Fsp3) is 0.500. The minimum absolute atomic E-state index is 0.666. The Morgan fingerprint density at radius 1 is 1.31 bits per heavy atom. The highest BCUT2D eigenvalue weighted by Crippen LogP contribution is 2.17. The van der Waals surface area contributed by atoms with Crippen LogP contribution in [0.4, 0.5) is 0 Å². The van der Waals surface area contributed by atoms with E-state index in [1.807, 2.05) is 18.2 Å². The molecule has 0 saturated carbocycles. The van der Waals surface area contributed by atoms with E-state index in [1.165, 1.54) is 5.56 Å². The van der Waals surface area contributed by atoms with Gasteiger partial charge in [0.25, 0.3) is 0 Å². The molecule has 0 aliphatic carbocycles. The molecule has 0 aliphatic rings. The van der Waals surface area contributed by atoms with Crippen molar-refractivity contribution in [1.29, 1.82) is 0 Å². The highest BCUT2D eigenvalue weighted by atomic mass is 16.5. The van der Waals surface area contributed by atoms with Gasteiger partial charge in [0.1, 0.15) is 5.75 Å². The van der Waals surface area contributed by atoms with E-state index >= 15 is 0 Å². The largest absolute Gasteiger partial charge is 0.493 e. The van der Waals surface area contributed by atoms with Crippen LogP contribution in [0, 0.1) is 6.92 Å². The van der Waals surface area contributed by atoms with Gasteiger partial charge in [-0.2, -0.15) is 0 Å². The van der Waals surface area contributed by atoms with Crippen LogP contribution in [0.1, 0.15) is 31.7 Å². The normalized spacial score (nSPS) is 10.4. The quantitative estimate of drug-likeness (QED) is 0.678. The van der Waals surface area contributed by atoms with E-state index < -0.39 is 0 Å². The van der Waals surface area contributed by atoms with Crippen LogP contribution in [0.3, 0.4) is 0 Å². The monoisotopic (exact) mass is 219 g/mol. The number of ether oxygens (including phenoxy) is 1. The third-order valence-electron chi connectivity index (χ3n) is 2.36. The zero-order valence-electron chi connectivity index (χ0n) is 10.0. The predicted molar refractivity (Wildman–Crippen MR) is 67.5 cm³/mol. The molecule has 1 N–H and O–H groups in total. The van der Waals surface area contributed by atoms with Gasteiger partial charge in [0, 0.05) is 12.1 Å². The predicted octanol–water partition coefficient (Wildman–Crippen LogP) is 3.06. The highest BCUT2D eigenvalue weighted by Gasteiger charge is 2.01. The smallest absolute Gasteiger partial charge is 0.123 e. The first kappa shape index (κ1) is 13.0. The molecule has 0 heterocycles. The molecule has 1 aromatic rings. The Kier molecular flexibility index (Phi) is 6.66. The molecule has 88 valence electrons. The van der Waals surface area contributed by atoms with Crippen LogP contribution in [-0.2, 0) is 6.54 Å². The molecule has 0 spiro atoms. The van der Waals surface area contributed by atoms with E-state index in [4.69, 9.17) is 11.7 Å². The Bertz CT molecular complexity index is 257. The highest BCUT2D eigenvalue weighted by molar-refractivity contribution is 5.33. The molecule has 0 aromatic heterocycles. The second kappa shape index (κ2) is 8.17. The van der Waals surface area contributed by atoms with Gasteiger partial charge in [0.15, 0.2) is 0 Å². The van der Waals surface area contributed by atoms with Crippen LogP contribution in [-0.4, -0.2) is 13.2 Å². The molecule has 2 nitrogen and oxygen atoms in total. The lowest BCUT2D eigenvalue weighted by atomic mass is 10.2. The summed E-state index contributed by atoms with van der Waals surface area (Å²) >= 11 is 0. The average Bonchev–Trinajstić information content (AvgIpc) is 2.32. The van der Waals surface area contributed by atoms with Gasteiger partial charge >= 0.3 is 0 Å². The summed E-state index contributed by atoms with van der Waals surface area (Å²) in [5.41, 5.74) is 1.20. The molecule has 1 rings (SSSR count). The average molecular weight is 219 g/mol. The van der Waals surface area contributed by atoms with E-state index in [0.717, 1.165) is 38.3 Å². The summed E-state index contributed by atoms with van der Waals surface area (Å²) in [6.45, 7) is 10.1. The molecule has 0 fully saturated rings. The fourth-order valence-corrected chi connectivity index (χ4v) is 1.44. The lowest BCUT2D eigenvalue weighted by Crippen LogP contribution is -2.14. The summed E-state index contributed by atoms with van der Waals surface area (Å²) in [4.78, 5) is 0. The number of hydrogen-bond donors (Lipinski definition) is 1. The van der Waals surface area contributed by atoms with Gasteiger partial charge in [-0.25, -0.2) is 0 Å². The number of benzene rings is 1. The van der Waals surface area contributed by atoms with Crippen molar-refractivity contribution < 1.29 is 4.74 Å². The molecule has 0 saturated heterocycles. The van der Waals surface area contributed by atoms with E-state index in [0.29, 0.717) is 6.42 Å². The first-order valence-corrected chi connectivity index (χ1v) is 6.00. The van der Waals surface area contributed by atoms with Gasteiger partial charge in [0.05, 0.1) is 6.61 Å². The fourth-order valence-electron chi connectivity index (χ4n) is 1.44. The zero-order chi connectivity index (χ0) is 11.6. The van der Waals surface area contributed by atoms with Crippen LogP contribution in [0.15, 0.2) is 24.3 Å². The van der Waals surface area contributed by atoms with E-state index in [-0.39, 0.29) is 0 Å². The third-order valence-corrected chi connectivity index (χ3v) is 2.36. The molecule has 0 bridgehead atoms. The maximum atomic E-state index is 5.74. The first-order chi connectivity index (χ1) is 7.88. The summed E-state index contributed by atoms with van der Waals surface area (Å²) in [5, 5.41) is 3.28. The Morgan fingerprint density at radius 3 is 2.88 bits per heavy atom. The Hall–Kier alpha value is -1.02. The summed E-state index contributed by atoms with van der Waals surface area (Å²) in [6.07, 6.45) is 2.93. The zero-order valence-corrected chi connectivity index (χ0v) is 10.0. The number of unbranched alkanes of at least 4 members (excludes halogenated alkanes) is 1. The number of para-hydroxylation sites is 1. The molecular weight excluding hydrogens is 198 g/mol. The lowest BCUT2D eigenvalue weighted by Gasteiger charge is -2.11. The minimum Gasteiger partial charge on any atom is -0.493 e. The Balaban J connectivity index is 2.46. The van der Waals surface area contributed by atoms with Crippen molar-refractivity contribution in [3.05, 3.63) is 36.8 Å². The SMILES string of the molecule is [CH]CCNCc1ccccc1OCCCC. The van der Waals surface area contributed by atoms with Gasteiger partial charge in [-0.3, -0.25) is 0 Å². The topological polar surface area (TPSA) is 21.3 Å². The molecule has 0 amide bonds. The van der Waals surface area contributed by atoms with Gasteiger partial charge in [-0.1, -0.05) is 31.5 Å². The third kappa shape index (κ3) is 4.67. The van der Waals surface area contributed by atoms with E-state index in [1.54, 1.807) is 0 Å². The van der Waals surface area contributed by atoms with E-state index in [9.17, 15) is 0 Å². The molecule has 1 aromatic carbocycles. The van der Waals surface area contributed by atoms with Crippen LogP contribution in [0.5, 0.6) is 5.75 Å².